The van der Waals surface area contributed by atoms with Crippen molar-refractivity contribution < 1.29 is 13.2 Å². The van der Waals surface area contributed by atoms with E-state index in [1.165, 1.54) is 24.3 Å². The van der Waals surface area contributed by atoms with Crippen LogP contribution in [0.2, 0.25) is 5.02 Å². The lowest BCUT2D eigenvalue weighted by Gasteiger charge is -2.11. The summed E-state index contributed by atoms with van der Waals surface area (Å²) in [6.07, 6.45) is 0.757. The van der Waals surface area contributed by atoms with Crippen LogP contribution < -0.4 is 5.32 Å². The van der Waals surface area contributed by atoms with Gasteiger partial charge in [-0.25, -0.2) is 8.42 Å². The summed E-state index contributed by atoms with van der Waals surface area (Å²) in [7, 11) is -3.60. The maximum atomic E-state index is 11.9. The average molecular weight is 290 g/mol. The minimum Gasteiger partial charge on any atom is -0.353 e. The summed E-state index contributed by atoms with van der Waals surface area (Å²) in [6, 6.07) is 5.74. The Kier molecular flexibility index (Phi) is 5.16. The van der Waals surface area contributed by atoms with E-state index >= 15 is 0 Å². The van der Waals surface area contributed by atoms with Crippen molar-refractivity contribution >= 4 is 27.3 Å². The Morgan fingerprint density at radius 1 is 1.33 bits per heavy atom. The molecule has 0 bridgehead atoms. The summed E-state index contributed by atoms with van der Waals surface area (Å²) < 4.78 is 23.8. The van der Waals surface area contributed by atoms with Gasteiger partial charge in [0.1, 0.15) is 5.75 Å². The van der Waals surface area contributed by atoms with Gasteiger partial charge in [0, 0.05) is 11.1 Å². The summed E-state index contributed by atoms with van der Waals surface area (Å²) in [6.45, 7) is 3.74. The van der Waals surface area contributed by atoms with Gasteiger partial charge in [0.2, 0.25) is 5.91 Å². The van der Waals surface area contributed by atoms with Gasteiger partial charge >= 0.3 is 0 Å². The predicted octanol–water partition coefficient (Wildman–Crippen LogP) is 2.03. The normalized spacial score (nSPS) is 13.1. The molecule has 1 N–H and O–H groups in total. The monoisotopic (exact) mass is 289 g/mol. The van der Waals surface area contributed by atoms with Crippen LogP contribution in [0.3, 0.4) is 0 Å². The van der Waals surface area contributed by atoms with E-state index in [4.69, 9.17) is 11.6 Å². The van der Waals surface area contributed by atoms with Crippen LogP contribution in [0.4, 0.5) is 0 Å². The molecule has 1 rings (SSSR count). The number of sulfone groups is 1. The summed E-state index contributed by atoms with van der Waals surface area (Å²) in [5.74, 6) is -1.03. The van der Waals surface area contributed by atoms with Crippen LogP contribution in [0.15, 0.2) is 29.2 Å². The molecule has 0 fully saturated rings. The quantitative estimate of drug-likeness (QED) is 0.902. The molecule has 1 aromatic carbocycles. The second kappa shape index (κ2) is 6.20. The Labute approximate surface area is 112 Å². The van der Waals surface area contributed by atoms with Gasteiger partial charge in [-0.15, -0.1) is 0 Å². The SMILES string of the molecule is CCC(C)NC(=O)CS(=O)(=O)c1ccc(Cl)cc1. The Morgan fingerprint density at radius 3 is 2.39 bits per heavy atom. The smallest absolute Gasteiger partial charge is 0.235 e. The van der Waals surface area contributed by atoms with Crippen molar-refractivity contribution in [3.63, 3.8) is 0 Å². The van der Waals surface area contributed by atoms with Gasteiger partial charge in [-0.1, -0.05) is 18.5 Å². The maximum Gasteiger partial charge on any atom is 0.235 e. The number of nitrogens with one attached hydrogen (secondary N) is 1. The van der Waals surface area contributed by atoms with E-state index in [-0.39, 0.29) is 10.9 Å². The molecule has 18 heavy (non-hydrogen) atoms. The molecule has 0 saturated carbocycles. The van der Waals surface area contributed by atoms with Gasteiger partial charge < -0.3 is 5.32 Å². The fourth-order valence-corrected chi connectivity index (χ4v) is 2.59. The molecule has 0 heterocycles. The van der Waals surface area contributed by atoms with Crippen molar-refractivity contribution in [2.45, 2.75) is 31.2 Å². The highest BCUT2D eigenvalue weighted by Gasteiger charge is 2.19. The summed E-state index contributed by atoms with van der Waals surface area (Å²) in [5.41, 5.74) is 0. The molecule has 100 valence electrons. The molecule has 0 aromatic heterocycles. The fraction of sp³-hybridized carbons (Fsp3) is 0.417. The number of halogens is 1. The van der Waals surface area contributed by atoms with Crippen molar-refractivity contribution in [1.29, 1.82) is 0 Å². The minimum atomic E-state index is -3.60. The summed E-state index contributed by atoms with van der Waals surface area (Å²) in [4.78, 5) is 11.7. The molecular formula is C12H16ClNO3S. The lowest BCUT2D eigenvalue weighted by atomic mass is 10.3. The highest BCUT2D eigenvalue weighted by molar-refractivity contribution is 7.92. The van der Waals surface area contributed by atoms with E-state index in [1.807, 2.05) is 13.8 Å². The second-order valence-corrected chi connectivity index (χ2v) is 6.52. The third-order valence-corrected chi connectivity index (χ3v) is 4.40. The van der Waals surface area contributed by atoms with E-state index < -0.39 is 21.5 Å². The molecule has 0 saturated heterocycles. The second-order valence-electron chi connectivity index (χ2n) is 4.09. The number of carbonyl (C=O) groups excluding carboxylic acids is 1. The zero-order valence-corrected chi connectivity index (χ0v) is 11.9. The third kappa shape index (κ3) is 4.31. The van der Waals surface area contributed by atoms with Crippen LogP contribution in [0, 0.1) is 0 Å². The number of rotatable bonds is 5. The summed E-state index contributed by atoms with van der Waals surface area (Å²) >= 11 is 5.68. The van der Waals surface area contributed by atoms with E-state index in [9.17, 15) is 13.2 Å². The van der Waals surface area contributed by atoms with Gasteiger partial charge in [-0.3, -0.25) is 4.79 Å². The molecule has 0 spiro atoms. The van der Waals surface area contributed by atoms with Crippen molar-refractivity contribution in [3.05, 3.63) is 29.3 Å². The third-order valence-electron chi connectivity index (χ3n) is 2.51. The first-order valence-electron chi connectivity index (χ1n) is 5.63. The molecule has 1 amide bonds. The highest BCUT2D eigenvalue weighted by Crippen LogP contribution is 2.15. The minimum absolute atomic E-state index is 0.0297. The Bertz CT molecular complexity index is 511. The van der Waals surface area contributed by atoms with E-state index in [2.05, 4.69) is 5.32 Å². The average Bonchev–Trinajstić information content (AvgIpc) is 2.28. The Morgan fingerprint density at radius 2 is 1.89 bits per heavy atom. The van der Waals surface area contributed by atoms with Crippen molar-refractivity contribution in [3.8, 4) is 0 Å². The molecular weight excluding hydrogens is 274 g/mol. The fourth-order valence-electron chi connectivity index (χ4n) is 1.32. The number of amides is 1. The van der Waals surface area contributed by atoms with Crippen molar-refractivity contribution in [2.24, 2.45) is 0 Å². The first-order chi connectivity index (χ1) is 8.35. The molecule has 0 radical (unpaired) electrons. The molecule has 0 aliphatic heterocycles. The number of benzene rings is 1. The number of hydrogen-bond donors (Lipinski definition) is 1. The van der Waals surface area contributed by atoms with Crippen LogP contribution >= 0.6 is 11.6 Å². The topological polar surface area (TPSA) is 63.2 Å². The van der Waals surface area contributed by atoms with E-state index in [0.29, 0.717) is 5.02 Å². The van der Waals surface area contributed by atoms with Gasteiger partial charge in [-0.05, 0) is 37.6 Å². The van der Waals surface area contributed by atoms with E-state index in [0.717, 1.165) is 6.42 Å². The zero-order chi connectivity index (χ0) is 13.8. The Balaban J connectivity index is 2.76. The lowest BCUT2D eigenvalue weighted by molar-refractivity contribution is -0.119. The number of carbonyl (C=O) groups is 1. The molecule has 1 unspecified atom stereocenters. The molecule has 0 aliphatic rings. The lowest BCUT2D eigenvalue weighted by Crippen LogP contribution is -2.36. The first kappa shape index (κ1) is 15.0. The van der Waals surface area contributed by atoms with Gasteiger partial charge in [0.05, 0.1) is 4.90 Å². The molecule has 1 atom stereocenters. The first-order valence-corrected chi connectivity index (χ1v) is 7.66. The standard InChI is InChI=1S/C12H16ClNO3S/c1-3-9(2)14-12(15)8-18(16,17)11-6-4-10(13)5-7-11/h4-7,9H,3,8H2,1-2H3,(H,14,15). The van der Waals surface area contributed by atoms with Crippen LogP contribution in [0.25, 0.3) is 0 Å². The molecule has 1 aromatic rings. The largest absolute Gasteiger partial charge is 0.353 e. The van der Waals surface area contributed by atoms with Gasteiger partial charge in [0.15, 0.2) is 9.84 Å². The molecule has 4 nitrogen and oxygen atoms in total. The van der Waals surface area contributed by atoms with Crippen molar-refractivity contribution in [1.82, 2.24) is 5.32 Å². The maximum absolute atomic E-state index is 11.9. The van der Waals surface area contributed by atoms with Crippen molar-refractivity contribution in [2.75, 3.05) is 5.75 Å². The van der Waals surface area contributed by atoms with Crippen LogP contribution in [-0.4, -0.2) is 26.1 Å². The van der Waals surface area contributed by atoms with Crippen LogP contribution in [0.1, 0.15) is 20.3 Å². The molecule has 0 aliphatic carbocycles. The van der Waals surface area contributed by atoms with E-state index in [1.54, 1.807) is 0 Å². The number of hydrogen-bond acceptors (Lipinski definition) is 3. The zero-order valence-electron chi connectivity index (χ0n) is 10.3. The van der Waals surface area contributed by atoms with Crippen LogP contribution in [0.5, 0.6) is 0 Å². The predicted molar refractivity (Wildman–Crippen MR) is 71.4 cm³/mol. The van der Waals surface area contributed by atoms with Gasteiger partial charge in [0.25, 0.3) is 0 Å². The van der Waals surface area contributed by atoms with Gasteiger partial charge in [-0.2, -0.15) is 0 Å². The summed E-state index contributed by atoms with van der Waals surface area (Å²) in [5, 5.41) is 3.08. The molecule has 6 heteroatoms. The van der Waals surface area contributed by atoms with Crippen LogP contribution in [-0.2, 0) is 14.6 Å². The highest BCUT2D eigenvalue weighted by atomic mass is 35.5. The Hall–Kier alpha value is -1.07.